The Kier molecular flexibility index (Phi) is 7.19. The molecule has 0 spiro atoms. The first-order valence-corrected chi connectivity index (χ1v) is 12.6. The highest BCUT2D eigenvalue weighted by Gasteiger charge is 2.53. The summed E-state index contributed by atoms with van der Waals surface area (Å²) in [6, 6.07) is 15.0. The van der Waals surface area contributed by atoms with Crippen molar-refractivity contribution in [3.8, 4) is 22.8 Å². The number of anilines is 1. The highest BCUT2D eigenvalue weighted by molar-refractivity contribution is 6.01. The monoisotopic (exact) mass is 538 g/mol. The fourth-order valence-electron chi connectivity index (χ4n) is 4.48. The van der Waals surface area contributed by atoms with Crippen LogP contribution in [-0.2, 0) is 14.9 Å². The van der Waals surface area contributed by atoms with E-state index in [1.165, 1.54) is 12.1 Å². The topological polar surface area (TPSA) is 125 Å². The Hall–Kier alpha value is -4.09. The number of carbonyl (C=O) groups is 2. The lowest BCUT2D eigenvalue weighted by Crippen LogP contribution is -2.28. The summed E-state index contributed by atoms with van der Waals surface area (Å²) in [5, 5.41) is 5.68. The van der Waals surface area contributed by atoms with E-state index in [2.05, 4.69) is 25.1 Å². The molecule has 0 unspecified atom stereocenters. The second kappa shape index (κ2) is 10.6. The Labute approximate surface area is 223 Å². The smallest absolute Gasteiger partial charge is 0.395 e. The van der Waals surface area contributed by atoms with Crippen LogP contribution in [0.3, 0.4) is 0 Å². The van der Waals surface area contributed by atoms with Gasteiger partial charge >= 0.3 is 6.29 Å². The molecule has 1 fully saturated rings. The molecule has 204 valence electrons. The van der Waals surface area contributed by atoms with E-state index in [-0.39, 0.29) is 23.3 Å². The summed E-state index contributed by atoms with van der Waals surface area (Å²) in [7, 11) is 0. The average molecular weight is 539 g/mol. The third kappa shape index (κ3) is 5.69. The summed E-state index contributed by atoms with van der Waals surface area (Å²) < 4.78 is 41.2. The van der Waals surface area contributed by atoms with E-state index in [0.29, 0.717) is 67.3 Å². The fourth-order valence-corrected chi connectivity index (χ4v) is 4.48. The molecule has 2 aromatic carbocycles. The molecule has 11 heteroatoms. The molecule has 0 atom stereocenters. The molecule has 0 bridgehead atoms. The summed E-state index contributed by atoms with van der Waals surface area (Å²) in [5.74, 6) is -0.362. The zero-order valence-electron chi connectivity index (χ0n) is 21.3. The standard InChI is InChI=1S/C28H28F2N4O5/c1-17-5-8-23(33-24(17)18-3-2-4-19(15-18)25(35)32-12-14-37-13-11-31)34-26(36)27(9-10-27)20-6-7-21-22(16-20)39-28(29,30)38-21/h2-8,15-16H,9-14,31H2,1H3,(H,32,35)(H,33,34,36). The van der Waals surface area contributed by atoms with Gasteiger partial charge in [0.2, 0.25) is 5.91 Å². The minimum absolute atomic E-state index is 0.0689. The number of rotatable bonds is 10. The molecular formula is C28H28F2N4O5. The summed E-state index contributed by atoms with van der Waals surface area (Å²) >= 11 is 0. The van der Waals surface area contributed by atoms with E-state index in [0.717, 1.165) is 5.56 Å². The van der Waals surface area contributed by atoms with Gasteiger partial charge in [0.1, 0.15) is 5.82 Å². The van der Waals surface area contributed by atoms with Crippen molar-refractivity contribution < 1.29 is 32.6 Å². The van der Waals surface area contributed by atoms with Crippen molar-refractivity contribution in [3.05, 3.63) is 71.3 Å². The second-order valence-corrected chi connectivity index (χ2v) is 9.46. The maximum Gasteiger partial charge on any atom is 0.586 e. The van der Waals surface area contributed by atoms with Crippen molar-refractivity contribution in [1.82, 2.24) is 10.3 Å². The molecule has 2 amide bonds. The number of halogens is 2. The molecule has 4 N–H and O–H groups in total. The molecular weight excluding hydrogens is 510 g/mol. The molecule has 9 nitrogen and oxygen atoms in total. The van der Waals surface area contributed by atoms with Crippen LogP contribution in [0.1, 0.15) is 34.3 Å². The van der Waals surface area contributed by atoms with E-state index in [4.69, 9.17) is 10.5 Å². The molecule has 5 rings (SSSR count). The molecule has 1 aliphatic heterocycles. The number of hydrogen-bond donors (Lipinski definition) is 3. The first-order valence-electron chi connectivity index (χ1n) is 12.6. The predicted molar refractivity (Wildman–Crippen MR) is 139 cm³/mol. The Morgan fingerprint density at radius 1 is 1.05 bits per heavy atom. The van der Waals surface area contributed by atoms with Gasteiger partial charge in [-0.15, -0.1) is 8.78 Å². The molecule has 1 aromatic heterocycles. The van der Waals surface area contributed by atoms with Crippen molar-refractivity contribution >= 4 is 17.6 Å². The Morgan fingerprint density at radius 2 is 1.85 bits per heavy atom. The van der Waals surface area contributed by atoms with Crippen LogP contribution in [0, 0.1) is 6.92 Å². The first kappa shape index (κ1) is 26.5. The number of fused-ring (bicyclic) bond motifs is 1. The fraction of sp³-hybridized carbons (Fsp3) is 0.321. The maximum absolute atomic E-state index is 13.4. The second-order valence-electron chi connectivity index (χ2n) is 9.46. The number of pyridine rings is 1. The van der Waals surface area contributed by atoms with Crippen molar-refractivity contribution in [1.29, 1.82) is 0 Å². The summed E-state index contributed by atoms with van der Waals surface area (Å²) in [6.45, 7) is 3.46. The lowest BCUT2D eigenvalue weighted by Gasteiger charge is -2.17. The Bertz CT molecular complexity index is 1410. The molecule has 3 aromatic rings. The summed E-state index contributed by atoms with van der Waals surface area (Å²) in [6.07, 6.45) is -2.61. The van der Waals surface area contributed by atoms with Crippen molar-refractivity contribution in [2.24, 2.45) is 5.73 Å². The SMILES string of the molecule is Cc1ccc(NC(=O)C2(c3ccc4c(c3)OC(F)(F)O4)CC2)nc1-c1cccc(C(=O)NCCOCCN)c1. The molecule has 2 aliphatic rings. The highest BCUT2D eigenvalue weighted by Crippen LogP contribution is 2.52. The van der Waals surface area contributed by atoms with Gasteiger partial charge in [-0.05, 0) is 61.2 Å². The van der Waals surface area contributed by atoms with E-state index in [9.17, 15) is 18.4 Å². The minimum atomic E-state index is -3.72. The third-order valence-electron chi connectivity index (χ3n) is 6.67. The van der Waals surface area contributed by atoms with Gasteiger partial charge in [0, 0.05) is 24.2 Å². The molecule has 1 saturated carbocycles. The van der Waals surface area contributed by atoms with Gasteiger partial charge in [-0.25, -0.2) is 4.98 Å². The number of benzene rings is 2. The number of ether oxygens (including phenoxy) is 3. The van der Waals surface area contributed by atoms with Crippen molar-refractivity contribution in [2.75, 3.05) is 31.6 Å². The number of aryl methyl sites for hydroxylation is 1. The van der Waals surface area contributed by atoms with E-state index in [1.807, 2.05) is 19.1 Å². The lowest BCUT2D eigenvalue weighted by atomic mass is 9.94. The van der Waals surface area contributed by atoms with Crippen molar-refractivity contribution in [2.45, 2.75) is 31.5 Å². The molecule has 0 saturated heterocycles. The van der Waals surface area contributed by atoms with Crippen LogP contribution < -0.4 is 25.8 Å². The van der Waals surface area contributed by atoms with Gasteiger partial charge in [0.15, 0.2) is 11.5 Å². The minimum Gasteiger partial charge on any atom is -0.395 e. The number of amides is 2. The van der Waals surface area contributed by atoms with Crippen LogP contribution in [0.2, 0.25) is 0 Å². The first-order chi connectivity index (χ1) is 18.7. The van der Waals surface area contributed by atoms with Gasteiger partial charge in [0.05, 0.1) is 24.3 Å². The van der Waals surface area contributed by atoms with E-state index < -0.39 is 11.7 Å². The van der Waals surface area contributed by atoms with Crippen LogP contribution in [0.25, 0.3) is 11.3 Å². The van der Waals surface area contributed by atoms with Gasteiger partial charge in [-0.1, -0.05) is 24.3 Å². The molecule has 0 radical (unpaired) electrons. The van der Waals surface area contributed by atoms with Crippen LogP contribution in [0.5, 0.6) is 11.5 Å². The number of carbonyl (C=O) groups excluding carboxylic acids is 2. The van der Waals surface area contributed by atoms with Crippen LogP contribution in [0.15, 0.2) is 54.6 Å². The predicted octanol–water partition coefficient (Wildman–Crippen LogP) is 3.75. The van der Waals surface area contributed by atoms with Crippen LogP contribution >= 0.6 is 0 Å². The van der Waals surface area contributed by atoms with Gasteiger partial charge in [-0.3, -0.25) is 9.59 Å². The van der Waals surface area contributed by atoms with E-state index in [1.54, 1.807) is 30.3 Å². The number of nitrogens with zero attached hydrogens (tertiary/aromatic N) is 1. The third-order valence-corrected chi connectivity index (χ3v) is 6.67. The van der Waals surface area contributed by atoms with E-state index >= 15 is 0 Å². The number of aromatic nitrogens is 1. The summed E-state index contributed by atoms with van der Waals surface area (Å²) in [5.41, 5.74) is 7.75. The van der Waals surface area contributed by atoms with Crippen LogP contribution in [0.4, 0.5) is 14.6 Å². The number of nitrogens with two attached hydrogens (primary N) is 1. The van der Waals surface area contributed by atoms with Crippen molar-refractivity contribution in [3.63, 3.8) is 0 Å². The summed E-state index contributed by atoms with van der Waals surface area (Å²) in [4.78, 5) is 30.6. The average Bonchev–Trinajstić information content (AvgIpc) is 3.66. The van der Waals surface area contributed by atoms with Gasteiger partial charge in [-0.2, -0.15) is 0 Å². The van der Waals surface area contributed by atoms with Crippen LogP contribution in [-0.4, -0.2) is 49.4 Å². The quantitative estimate of drug-likeness (QED) is 0.336. The Morgan fingerprint density at radius 3 is 2.62 bits per heavy atom. The largest absolute Gasteiger partial charge is 0.586 e. The van der Waals surface area contributed by atoms with Gasteiger partial charge in [0.25, 0.3) is 5.91 Å². The number of nitrogens with one attached hydrogen (secondary N) is 2. The maximum atomic E-state index is 13.4. The zero-order chi connectivity index (χ0) is 27.6. The zero-order valence-corrected chi connectivity index (χ0v) is 21.3. The molecule has 2 heterocycles. The molecule has 39 heavy (non-hydrogen) atoms. The highest BCUT2D eigenvalue weighted by atomic mass is 19.3. The Balaban J connectivity index is 1.30. The number of hydrogen-bond acceptors (Lipinski definition) is 7. The molecule has 1 aliphatic carbocycles. The normalized spacial score (nSPS) is 16.0. The van der Waals surface area contributed by atoms with Gasteiger partial charge < -0.3 is 30.6 Å². The number of alkyl halides is 2. The lowest BCUT2D eigenvalue weighted by molar-refractivity contribution is -0.286.